The third kappa shape index (κ3) is 2.59. The number of hydrogen-bond acceptors (Lipinski definition) is 4. The van der Waals surface area contributed by atoms with Crippen LogP contribution < -0.4 is 4.74 Å². The van der Waals surface area contributed by atoms with Gasteiger partial charge in [-0.1, -0.05) is 5.21 Å². The molecule has 2 aromatic carbocycles. The Balaban J connectivity index is 2.05. The highest BCUT2D eigenvalue weighted by molar-refractivity contribution is 5.60. The second-order valence-electron chi connectivity index (χ2n) is 4.63. The molecule has 0 amide bonds. The molecule has 0 fully saturated rings. The number of phenolic OH excluding ortho intramolecular Hbond substituents is 1. The van der Waals surface area contributed by atoms with Crippen LogP contribution >= 0.6 is 0 Å². The molecule has 3 aromatic rings. The molecule has 0 aliphatic carbocycles. The fraction of sp³-hybridized carbons (Fsp3) is 0.0667. The molecule has 23 heavy (non-hydrogen) atoms. The van der Waals surface area contributed by atoms with Gasteiger partial charge in [0.25, 0.3) is 0 Å². The Morgan fingerprint density at radius 2 is 1.78 bits per heavy atom. The highest BCUT2D eigenvalue weighted by Crippen LogP contribution is 2.30. The van der Waals surface area contributed by atoms with E-state index in [9.17, 15) is 18.3 Å². The standard InChI is InChI=1S/C15H10F3N3O2/c1-23-9-4-2-8(3-5-9)12-7-21(20-19-12)14-13(18)10(16)6-11(17)15(14)22/h2-7,22H,1H3. The van der Waals surface area contributed by atoms with Gasteiger partial charge in [0.2, 0.25) is 0 Å². The zero-order valence-electron chi connectivity index (χ0n) is 11.8. The molecule has 1 N–H and O–H groups in total. The number of nitrogens with zero attached hydrogens (tertiary/aromatic N) is 3. The van der Waals surface area contributed by atoms with Crippen molar-refractivity contribution in [2.75, 3.05) is 7.11 Å². The molecule has 1 aromatic heterocycles. The zero-order valence-corrected chi connectivity index (χ0v) is 11.8. The van der Waals surface area contributed by atoms with Crippen LogP contribution in [0.4, 0.5) is 13.2 Å². The number of aromatic hydroxyl groups is 1. The van der Waals surface area contributed by atoms with Gasteiger partial charge in [-0.3, -0.25) is 0 Å². The third-order valence-electron chi connectivity index (χ3n) is 3.23. The Bertz CT molecular complexity index is 837. The van der Waals surface area contributed by atoms with E-state index in [4.69, 9.17) is 4.74 Å². The van der Waals surface area contributed by atoms with E-state index in [1.807, 2.05) is 0 Å². The SMILES string of the molecule is COc1ccc(-c2cn(-c3c(O)c(F)cc(F)c3F)nn2)cc1. The molecule has 0 spiro atoms. The first kappa shape index (κ1) is 14.9. The maximum Gasteiger partial charge on any atom is 0.188 e. The first-order valence-corrected chi connectivity index (χ1v) is 6.45. The normalized spacial score (nSPS) is 10.8. The lowest BCUT2D eigenvalue weighted by atomic mass is 10.1. The van der Waals surface area contributed by atoms with E-state index in [0.717, 1.165) is 4.68 Å². The predicted molar refractivity (Wildman–Crippen MR) is 74.9 cm³/mol. The Morgan fingerprint density at radius 1 is 1.09 bits per heavy atom. The molecular weight excluding hydrogens is 311 g/mol. The summed E-state index contributed by atoms with van der Waals surface area (Å²) in [6.45, 7) is 0. The lowest BCUT2D eigenvalue weighted by molar-refractivity contribution is 0.406. The van der Waals surface area contributed by atoms with Crippen molar-refractivity contribution < 1.29 is 23.0 Å². The van der Waals surface area contributed by atoms with E-state index in [2.05, 4.69) is 10.3 Å². The molecule has 0 aliphatic rings. The number of hydrogen-bond donors (Lipinski definition) is 1. The second kappa shape index (κ2) is 5.64. The van der Waals surface area contributed by atoms with Crippen LogP contribution in [0.1, 0.15) is 0 Å². The van der Waals surface area contributed by atoms with Crippen molar-refractivity contribution in [3.05, 3.63) is 54.0 Å². The van der Waals surface area contributed by atoms with Crippen molar-refractivity contribution in [2.45, 2.75) is 0 Å². The molecule has 3 rings (SSSR count). The van der Waals surface area contributed by atoms with E-state index in [-0.39, 0.29) is 6.07 Å². The molecule has 0 atom stereocenters. The number of methoxy groups -OCH3 is 1. The fourth-order valence-corrected chi connectivity index (χ4v) is 2.05. The minimum atomic E-state index is -1.43. The van der Waals surface area contributed by atoms with Crippen molar-refractivity contribution in [1.29, 1.82) is 0 Å². The van der Waals surface area contributed by atoms with Gasteiger partial charge in [-0.2, -0.15) is 0 Å². The number of rotatable bonds is 3. The fourth-order valence-electron chi connectivity index (χ4n) is 2.05. The summed E-state index contributed by atoms with van der Waals surface area (Å²) in [5, 5.41) is 17.0. The zero-order chi connectivity index (χ0) is 16.6. The lowest BCUT2D eigenvalue weighted by Crippen LogP contribution is -2.03. The molecule has 1 heterocycles. The van der Waals surface area contributed by atoms with Crippen molar-refractivity contribution in [3.8, 4) is 28.4 Å². The molecular formula is C15H10F3N3O2. The van der Waals surface area contributed by atoms with Crippen molar-refractivity contribution >= 4 is 0 Å². The molecule has 118 valence electrons. The highest BCUT2D eigenvalue weighted by atomic mass is 19.2. The van der Waals surface area contributed by atoms with Crippen molar-refractivity contribution in [3.63, 3.8) is 0 Å². The topological polar surface area (TPSA) is 60.2 Å². The molecule has 0 saturated carbocycles. The van der Waals surface area contributed by atoms with Crippen LogP contribution in [0.15, 0.2) is 36.5 Å². The predicted octanol–water partition coefficient (Wildman–Crippen LogP) is 3.07. The van der Waals surface area contributed by atoms with Gasteiger partial charge in [-0.25, -0.2) is 17.9 Å². The Labute approximate surface area is 128 Å². The molecule has 5 nitrogen and oxygen atoms in total. The van der Waals surface area contributed by atoms with E-state index in [1.54, 1.807) is 24.3 Å². The highest BCUT2D eigenvalue weighted by Gasteiger charge is 2.21. The summed E-state index contributed by atoms with van der Waals surface area (Å²) in [6.07, 6.45) is 1.25. The molecule has 8 heteroatoms. The number of ether oxygens (including phenoxy) is 1. The average Bonchev–Trinajstić information content (AvgIpc) is 3.03. The van der Waals surface area contributed by atoms with Crippen LogP contribution in [0.25, 0.3) is 16.9 Å². The quantitative estimate of drug-likeness (QED) is 0.753. The first-order valence-electron chi connectivity index (χ1n) is 6.45. The van der Waals surface area contributed by atoms with Crippen LogP contribution in [0.2, 0.25) is 0 Å². The molecule has 0 unspecified atom stereocenters. The maximum absolute atomic E-state index is 13.8. The van der Waals surface area contributed by atoms with Gasteiger partial charge in [0.05, 0.1) is 13.3 Å². The van der Waals surface area contributed by atoms with Gasteiger partial charge in [0.1, 0.15) is 17.1 Å². The molecule has 0 saturated heterocycles. The summed E-state index contributed by atoms with van der Waals surface area (Å²) in [7, 11) is 1.52. The number of phenols is 1. The summed E-state index contributed by atoms with van der Waals surface area (Å²) < 4.78 is 46.3. The van der Waals surface area contributed by atoms with Gasteiger partial charge in [0, 0.05) is 11.6 Å². The summed E-state index contributed by atoms with van der Waals surface area (Å²) >= 11 is 0. The summed E-state index contributed by atoms with van der Waals surface area (Å²) in [4.78, 5) is 0. The summed E-state index contributed by atoms with van der Waals surface area (Å²) in [5.41, 5.74) is 0.222. The minimum absolute atomic E-state index is 0.259. The Hall–Kier alpha value is -3.03. The summed E-state index contributed by atoms with van der Waals surface area (Å²) in [6, 6.07) is 7.02. The van der Waals surface area contributed by atoms with Crippen molar-refractivity contribution in [2.24, 2.45) is 0 Å². The van der Waals surface area contributed by atoms with Gasteiger partial charge >= 0.3 is 0 Å². The van der Waals surface area contributed by atoms with Crippen molar-refractivity contribution in [1.82, 2.24) is 15.0 Å². The first-order chi connectivity index (χ1) is 11.0. The van der Waals surface area contributed by atoms with Crippen LogP contribution in [0.3, 0.4) is 0 Å². The van der Waals surface area contributed by atoms with Crippen LogP contribution in [-0.4, -0.2) is 27.2 Å². The van der Waals surface area contributed by atoms with E-state index < -0.39 is 28.9 Å². The van der Waals surface area contributed by atoms with Gasteiger partial charge in [-0.05, 0) is 24.3 Å². The van der Waals surface area contributed by atoms with Crippen LogP contribution in [0.5, 0.6) is 11.5 Å². The number of halogens is 3. The summed E-state index contributed by atoms with van der Waals surface area (Å²) in [5.74, 6) is -4.56. The number of benzene rings is 2. The average molecular weight is 321 g/mol. The van der Waals surface area contributed by atoms with E-state index >= 15 is 0 Å². The molecule has 0 radical (unpaired) electrons. The van der Waals surface area contributed by atoms with Crippen LogP contribution in [0, 0.1) is 17.5 Å². The minimum Gasteiger partial charge on any atom is -0.503 e. The van der Waals surface area contributed by atoms with Crippen LogP contribution in [-0.2, 0) is 0 Å². The Morgan fingerprint density at radius 3 is 2.43 bits per heavy atom. The van der Waals surface area contributed by atoms with Gasteiger partial charge in [-0.15, -0.1) is 5.10 Å². The maximum atomic E-state index is 13.8. The van der Waals surface area contributed by atoms with E-state index in [1.165, 1.54) is 13.3 Å². The smallest absolute Gasteiger partial charge is 0.188 e. The monoisotopic (exact) mass is 321 g/mol. The second-order valence-corrected chi connectivity index (χ2v) is 4.63. The van der Waals surface area contributed by atoms with E-state index in [0.29, 0.717) is 17.0 Å². The molecule has 0 bridgehead atoms. The lowest BCUT2D eigenvalue weighted by Gasteiger charge is -2.06. The number of aromatic nitrogens is 3. The molecule has 0 aliphatic heterocycles. The Kier molecular flexibility index (Phi) is 3.65. The third-order valence-corrected chi connectivity index (χ3v) is 3.23. The van der Waals surface area contributed by atoms with Gasteiger partial charge < -0.3 is 9.84 Å². The van der Waals surface area contributed by atoms with Gasteiger partial charge in [0.15, 0.2) is 23.2 Å². The largest absolute Gasteiger partial charge is 0.503 e.